The molecule has 0 atom stereocenters. The van der Waals surface area contributed by atoms with Crippen LogP contribution in [0.4, 0.5) is 17.3 Å². The fourth-order valence-corrected chi connectivity index (χ4v) is 2.59. The Hall–Kier alpha value is -2.30. The van der Waals surface area contributed by atoms with Gasteiger partial charge in [0.1, 0.15) is 0 Å². The third-order valence-electron chi connectivity index (χ3n) is 3.83. The summed E-state index contributed by atoms with van der Waals surface area (Å²) in [7, 11) is 4.15. The molecule has 5 nitrogen and oxygen atoms in total. The third-order valence-corrected chi connectivity index (χ3v) is 3.83. The van der Waals surface area contributed by atoms with E-state index in [1.54, 1.807) is 12.4 Å². The van der Waals surface area contributed by atoms with E-state index in [-0.39, 0.29) is 0 Å². The van der Waals surface area contributed by atoms with Gasteiger partial charge in [-0.1, -0.05) is 6.07 Å². The maximum Gasteiger partial charge on any atom is 0.225 e. The highest BCUT2D eigenvalue weighted by Crippen LogP contribution is 2.23. The number of hydrogen-bond donors (Lipinski definition) is 0. The standard InChI is InChI=1S/C16H21N5/c1-19(2)14-5-3-6-15(13-14)20-9-11-21(12-10-20)16-17-7-4-8-18-16/h3-8,13H,9-12H2,1-2H3. The van der Waals surface area contributed by atoms with Gasteiger partial charge in [-0.05, 0) is 24.3 Å². The first-order valence-corrected chi connectivity index (χ1v) is 7.28. The molecule has 0 aliphatic carbocycles. The predicted molar refractivity (Wildman–Crippen MR) is 87.2 cm³/mol. The van der Waals surface area contributed by atoms with Crippen molar-refractivity contribution in [2.24, 2.45) is 0 Å². The van der Waals surface area contributed by atoms with Crippen LogP contribution >= 0.6 is 0 Å². The Bertz CT molecular complexity index is 576. The van der Waals surface area contributed by atoms with E-state index in [0.717, 1.165) is 32.1 Å². The van der Waals surface area contributed by atoms with Gasteiger partial charge in [0.05, 0.1) is 0 Å². The molecule has 1 fully saturated rings. The lowest BCUT2D eigenvalue weighted by Gasteiger charge is -2.36. The second-order valence-corrected chi connectivity index (χ2v) is 5.44. The Morgan fingerprint density at radius 3 is 2.24 bits per heavy atom. The van der Waals surface area contributed by atoms with Gasteiger partial charge < -0.3 is 14.7 Å². The molecule has 0 radical (unpaired) electrons. The van der Waals surface area contributed by atoms with Crippen LogP contribution in [0.2, 0.25) is 0 Å². The van der Waals surface area contributed by atoms with Gasteiger partial charge in [0.2, 0.25) is 5.95 Å². The highest BCUT2D eigenvalue weighted by atomic mass is 15.3. The summed E-state index contributed by atoms with van der Waals surface area (Å²) in [5.41, 5.74) is 2.52. The first kappa shape index (κ1) is 13.7. The van der Waals surface area contributed by atoms with Gasteiger partial charge in [0, 0.05) is 64.0 Å². The quantitative estimate of drug-likeness (QED) is 0.859. The summed E-state index contributed by atoms with van der Waals surface area (Å²) in [6, 6.07) is 10.5. The van der Waals surface area contributed by atoms with Crippen molar-refractivity contribution in [3.63, 3.8) is 0 Å². The fourth-order valence-electron chi connectivity index (χ4n) is 2.59. The molecule has 0 spiro atoms. The lowest BCUT2D eigenvalue weighted by molar-refractivity contribution is 0.640. The molecule has 0 N–H and O–H groups in total. The van der Waals surface area contributed by atoms with Crippen LogP contribution in [0.25, 0.3) is 0 Å². The summed E-state index contributed by atoms with van der Waals surface area (Å²) in [5, 5.41) is 0. The highest BCUT2D eigenvalue weighted by Gasteiger charge is 2.19. The van der Waals surface area contributed by atoms with Crippen LogP contribution in [0, 0.1) is 0 Å². The van der Waals surface area contributed by atoms with E-state index >= 15 is 0 Å². The van der Waals surface area contributed by atoms with Crippen LogP contribution in [0.1, 0.15) is 0 Å². The predicted octanol–water partition coefficient (Wildman–Crippen LogP) is 1.87. The van der Waals surface area contributed by atoms with Crippen molar-refractivity contribution in [1.29, 1.82) is 0 Å². The van der Waals surface area contributed by atoms with Crippen molar-refractivity contribution < 1.29 is 0 Å². The molecule has 0 saturated carbocycles. The Morgan fingerprint density at radius 1 is 0.905 bits per heavy atom. The Balaban J connectivity index is 1.67. The summed E-state index contributed by atoms with van der Waals surface area (Å²) in [6.45, 7) is 3.90. The maximum absolute atomic E-state index is 4.33. The molecule has 0 amide bonds. The monoisotopic (exact) mass is 283 g/mol. The fraction of sp³-hybridized carbons (Fsp3) is 0.375. The molecule has 5 heteroatoms. The van der Waals surface area contributed by atoms with Crippen molar-refractivity contribution in [2.75, 3.05) is 55.0 Å². The second kappa shape index (κ2) is 5.99. The van der Waals surface area contributed by atoms with Crippen LogP contribution in [-0.4, -0.2) is 50.2 Å². The zero-order valence-electron chi connectivity index (χ0n) is 12.6. The second-order valence-electron chi connectivity index (χ2n) is 5.44. The van der Waals surface area contributed by atoms with Crippen molar-refractivity contribution in [1.82, 2.24) is 9.97 Å². The SMILES string of the molecule is CN(C)c1cccc(N2CCN(c3ncccn3)CC2)c1. The molecular formula is C16H21N5. The smallest absolute Gasteiger partial charge is 0.225 e. The molecular weight excluding hydrogens is 262 g/mol. The molecule has 2 aromatic rings. The molecule has 1 aromatic carbocycles. The van der Waals surface area contributed by atoms with Gasteiger partial charge >= 0.3 is 0 Å². The van der Waals surface area contributed by atoms with E-state index in [2.05, 4.69) is 63.0 Å². The molecule has 2 heterocycles. The molecule has 3 rings (SSSR count). The maximum atomic E-state index is 4.33. The normalized spacial score (nSPS) is 15.1. The molecule has 1 aliphatic heterocycles. The highest BCUT2D eigenvalue weighted by molar-refractivity contribution is 5.59. The molecule has 1 aliphatic rings. The van der Waals surface area contributed by atoms with E-state index in [1.165, 1.54) is 11.4 Å². The van der Waals surface area contributed by atoms with Crippen LogP contribution in [0.5, 0.6) is 0 Å². The first-order valence-electron chi connectivity index (χ1n) is 7.28. The number of anilines is 3. The van der Waals surface area contributed by atoms with E-state index in [1.807, 2.05) is 6.07 Å². The molecule has 21 heavy (non-hydrogen) atoms. The minimum atomic E-state index is 0.833. The van der Waals surface area contributed by atoms with E-state index in [4.69, 9.17) is 0 Å². The van der Waals surface area contributed by atoms with Crippen LogP contribution in [0.3, 0.4) is 0 Å². The Labute approximate surface area is 125 Å². The summed E-state index contributed by atoms with van der Waals surface area (Å²) >= 11 is 0. The van der Waals surface area contributed by atoms with Crippen molar-refractivity contribution in [3.05, 3.63) is 42.7 Å². The van der Waals surface area contributed by atoms with Crippen molar-refractivity contribution in [2.45, 2.75) is 0 Å². The summed E-state index contributed by atoms with van der Waals surface area (Å²) in [4.78, 5) is 15.5. The summed E-state index contributed by atoms with van der Waals surface area (Å²) in [6.07, 6.45) is 3.60. The van der Waals surface area contributed by atoms with Crippen molar-refractivity contribution in [3.8, 4) is 0 Å². The minimum Gasteiger partial charge on any atom is -0.378 e. The average Bonchev–Trinajstić information content (AvgIpc) is 2.56. The van der Waals surface area contributed by atoms with Gasteiger partial charge in [-0.3, -0.25) is 0 Å². The van der Waals surface area contributed by atoms with Crippen LogP contribution < -0.4 is 14.7 Å². The number of aromatic nitrogens is 2. The number of hydrogen-bond acceptors (Lipinski definition) is 5. The minimum absolute atomic E-state index is 0.833. The lowest BCUT2D eigenvalue weighted by atomic mass is 10.2. The zero-order valence-corrected chi connectivity index (χ0v) is 12.6. The molecule has 1 aromatic heterocycles. The van der Waals surface area contributed by atoms with E-state index < -0.39 is 0 Å². The zero-order chi connectivity index (χ0) is 14.7. The largest absolute Gasteiger partial charge is 0.378 e. The molecule has 0 bridgehead atoms. The number of rotatable bonds is 3. The first-order chi connectivity index (χ1) is 10.2. The van der Waals surface area contributed by atoms with Crippen molar-refractivity contribution >= 4 is 17.3 Å². The Kier molecular flexibility index (Phi) is 3.90. The van der Waals surface area contributed by atoms with Gasteiger partial charge in [-0.15, -0.1) is 0 Å². The number of nitrogens with zero attached hydrogens (tertiary/aromatic N) is 5. The number of piperazine rings is 1. The summed E-state index contributed by atoms with van der Waals surface area (Å²) in [5.74, 6) is 0.833. The van der Waals surface area contributed by atoms with Crippen LogP contribution in [-0.2, 0) is 0 Å². The lowest BCUT2D eigenvalue weighted by Crippen LogP contribution is -2.47. The summed E-state index contributed by atoms with van der Waals surface area (Å²) < 4.78 is 0. The van der Waals surface area contributed by atoms with Gasteiger partial charge in [-0.2, -0.15) is 0 Å². The van der Waals surface area contributed by atoms with Gasteiger partial charge in [0.15, 0.2) is 0 Å². The number of benzene rings is 1. The Morgan fingerprint density at radius 2 is 1.57 bits per heavy atom. The molecule has 1 saturated heterocycles. The topological polar surface area (TPSA) is 35.5 Å². The van der Waals surface area contributed by atoms with E-state index in [0.29, 0.717) is 0 Å². The third kappa shape index (κ3) is 3.07. The average molecular weight is 283 g/mol. The van der Waals surface area contributed by atoms with Crippen LogP contribution in [0.15, 0.2) is 42.7 Å². The van der Waals surface area contributed by atoms with Gasteiger partial charge in [0.25, 0.3) is 0 Å². The molecule has 110 valence electrons. The van der Waals surface area contributed by atoms with Gasteiger partial charge in [-0.25, -0.2) is 9.97 Å². The molecule has 0 unspecified atom stereocenters. The van der Waals surface area contributed by atoms with E-state index in [9.17, 15) is 0 Å².